The molecule has 0 radical (unpaired) electrons. The second-order valence-electron chi connectivity index (χ2n) is 5.50. The maximum Gasteiger partial charge on any atom is 0.277 e. The van der Waals surface area contributed by atoms with Gasteiger partial charge in [-0.1, -0.05) is 17.8 Å². The molecule has 26 heavy (non-hydrogen) atoms. The van der Waals surface area contributed by atoms with Crippen LogP contribution < -0.4 is 4.74 Å². The Morgan fingerprint density at radius 3 is 2.73 bits per heavy atom. The third kappa shape index (κ3) is 4.60. The van der Waals surface area contributed by atoms with E-state index in [-0.39, 0.29) is 11.7 Å². The molecule has 0 N–H and O–H groups in total. The number of thioether (sulfide) groups is 1. The number of aromatic nitrogens is 3. The number of ether oxygens (including phenoxy) is 1. The van der Waals surface area contributed by atoms with E-state index in [9.17, 15) is 4.79 Å². The van der Waals surface area contributed by atoms with E-state index >= 15 is 0 Å². The molecule has 0 aliphatic rings. The van der Waals surface area contributed by atoms with Crippen LogP contribution >= 0.6 is 11.8 Å². The molecule has 3 rings (SSSR count). The van der Waals surface area contributed by atoms with Crippen LogP contribution in [-0.2, 0) is 11.3 Å². The Kier molecular flexibility index (Phi) is 5.85. The SMILES string of the molecule is COc1ccc(-c2nnc(SCC(=O)N(C)Cc3cccnc3)o2)cc1. The fraction of sp³-hybridized carbons (Fsp3) is 0.222. The summed E-state index contributed by atoms with van der Waals surface area (Å²) < 4.78 is 10.7. The van der Waals surface area contributed by atoms with Gasteiger partial charge < -0.3 is 14.1 Å². The van der Waals surface area contributed by atoms with Gasteiger partial charge in [-0.25, -0.2) is 0 Å². The molecule has 0 fully saturated rings. The van der Waals surface area contributed by atoms with Gasteiger partial charge in [-0.3, -0.25) is 9.78 Å². The largest absolute Gasteiger partial charge is 0.497 e. The normalized spacial score (nSPS) is 10.5. The summed E-state index contributed by atoms with van der Waals surface area (Å²) in [6.07, 6.45) is 3.45. The van der Waals surface area contributed by atoms with Crippen molar-refractivity contribution in [1.29, 1.82) is 0 Å². The molecule has 2 heterocycles. The van der Waals surface area contributed by atoms with E-state index < -0.39 is 0 Å². The summed E-state index contributed by atoms with van der Waals surface area (Å²) in [5.41, 5.74) is 1.78. The molecule has 8 heteroatoms. The summed E-state index contributed by atoms with van der Waals surface area (Å²) in [6.45, 7) is 0.508. The van der Waals surface area contributed by atoms with E-state index in [2.05, 4.69) is 15.2 Å². The van der Waals surface area contributed by atoms with Crippen LogP contribution in [0, 0.1) is 0 Å². The molecule has 0 saturated carbocycles. The highest BCUT2D eigenvalue weighted by molar-refractivity contribution is 7.99. The van der Waals surface area contributed by atoms with E-state index in [4.69, 9.17) is 9.15 Å². The lowest BCUT2D eigenvalue weighted by Crippen LogP contribution is -2.27. The van der Waals surface area contributed by atoms with Crippen LogP contribution in [0.3, 0.4) is 0 Å². The van der Waals surface area contributed by atoms with Gasteiger partial charge in [0.05, 0.1) is 12.9 Å². The van der Waals surface area contributed by atoms with Crippen LogP contribution in [-0.4, -0.2) is 45.9 Å². The predicted molar refractivity (Wildman–Crippen MR) is 97.7 cm³/mol. The smallest absolute Gasteiger partial charge is 0.277 e. The lowest BCUT2D eigenvalue weighted by Gasteiger charge is -2.16. The molecule has 134 valence electrons. The number of rotatable bonds is 7. The van der Waals surface area contributed by atoms with E-state index in [0.29, 0.717) is 17.7 Å². The zero-order valence-corrected chi connectivity index (χ0v) is 15.3. The van der Waals surface area contributed by atoms with Crippen LogP contribution in [0.4, 0.5) is 0 Å². The topological polar surface area (TPSA) is 81.4 Å². The Morgan fingerprint density at radius 2 is 2.04 bits per heavy atom. The van der Waals surface area contributed by atoms with Crippen molar-refractivity contribution in [2.45, 2.75) is 11.8 Å². The first-order valence-electron chi connectivity index (χ1n) is 7.89. The van der Waals surface area contributed by atoms with Gasteiger partial charge in [-0.15, -0.1) is 10.2 Å². The first-order valence-corrected chi connectivity index (χ1v) is 8.88. The number of hydrogen-bond acceptors (Lipinski definition) is 7. The Bertz CT molecular complexity index is 852. The first kappa shape index (κ1) is 17.9. The highest BCUT2D eigenvalue weighted by Gasteiger charge is 2.14. The lowest BCUT2D eigenvalue weighted by atomic mass is 10.2. The molecule has 7 nitrogen and oxygen atoms in total. The minimum absolute atomic E-state index is 0.0250. The van der Waals surface area contributed by atoms with E-state index in [1.165, 1.54) is 11.8 Å². The van der Waals surface area contributed by atoms with Crippen molar-refractivity contribution in [3.8, 4) is 17.2 Å². The highest BCUT2D eigenvalue weighted by atomic mass is 32.2. The number of amides is 1. The van der Waals surface area contributed by atoms with E-state index in [1.54, 1.807) is 31.5 Å². The Hall–Kier alpha value is -2.87. The van der Waals surface area contributed by atoms with Crippen LogP contribution in [0.25, 0.3) is 11.5 Å². The molecule has 0 saturated heterocycles. The van der Waals surface area contributed by atoms with Crippen molar-refractivity contribution in [3.05, 3.63) is 54.4 Å². The van der Waals surface area contributed by atoms with Crippen molar-refractivity contribution in [1.82, 2.24) is 20.1 Å². The van der Waals surface area contributed by atoms with Crippen LogP contribution in [0.5, 0.6) is 5.75 Å². The van der Waals surface area contributed by atoms with Gasteiger partial charge in [0.15, 0.2) is 0 Å². The summed E-state index contributed by atoms with van der Waals surface area (Å²) >= 11 is 1.22. The lowest BCUT2D eigenvalue weighted by molar-refractivity contribution is -0.127. The third-order valence-electron chi connectivity index (χ3n) is 3.63. The highest BCUT2D eigenvalue weighted by Crippen LogP contribution is 2.25. The molecule has 0 aliphatic heterocycles. The van der Waals surface area contributed by atoms with Gasteiger partial charge in [0.2, 0.25) is 11.8 Å². The number of methoxy groups -OCH3 is 1. The molecule has 0 unspecified atom stereocenters. The van der Waals surface area contributed by atoms with Crippen molar-refractivity contribution in [2.75, 3.05) is 19.9 Å². The molecular weight excluding hydrogens is 352 g/mol. The molecular formula is C18H18N4O3S. The summed E-state index contributed by atoms with van der Waals surface area (Å²) in [6, 6.07) is 11.1. The van der Waals surface area contributed by atoms with Crippen molar-refractivity contribution in [3.63, 3.8) is 0 Å². The number of pyridine rings is 1. The second kappa shape index (κ2) is 8.48. The fourth-order valence-electron chi connectivity index (χ4n) is 2.21. The number of carbonyl (C=O) groups is 1. The summed E-state index contributed by atoms with van der Waals surface area (Å²) in [5, 5.41) is 8.37. The van der Waals surface area contributed by atoms with Crippen LogP contribution in [0.2, 0.25) is 0 Å². The van der Waals surface area contributed by atoms with E-state index in [1.807, 2.05) is 36.4 Å². The summed E-state index contributed by atoms with van der Waals surface area (Å²) in [5.74, 6) is 1.36. The molecule has 3 aromatic rings. The molecule has 2 aromatic heterocycles. The first-order chi connectivity index (χ1) is 12.7. The van der Waals surface area contributed by atoms with Gasteiger partial charge in [0, 0.05) is 31.5 Å². The van der Waals surface area contributed by atoms with Crippen molar-refractivity contribution >= 4 is 17.7 Å². The fourth-order valence-corrected chi connectivity index (χ4v) is 2.91. The predicted octanol–water partition coefficient (Wildman–Crippen LogP) is 2.89. The molecule has 0 aliphatic carbocycles. The van der Waals surface area contributed by atoms with Crippen LogP contribution in [0.1, 0.15) is 5.56 Å². The molecule has 0 bridgehead atoms. The van der Waals surface area contributed by atoms with Gasteiger partial charge in [0.25, 0.3) is 5.22 Å². The zero-order chi connectivity index (χ0) is 18.4. The summed E-state index contributed by atoms with van der Waals surface area (Å²) in [7, 11) is 3.37. The van der Waals surface area contributed by atoms with Gasteiger partial charge in [-0.2, -0.15) is 0 Å². The number of carbonyl (C=O) groups excluding carboxylic acids is 1. The monoisotopic (exact) mass is 370 g/mol. The third-order valence-corrected chi connectivity index (χ3v) is 4.43. The molecule has 0 atom stereocenters. The van der Waals surface area contributed by atoms with Crippen molar-refractivity contribution in [2.24, 2.45) is 0 Å². The zero-order valence-electron chi connectivity index (χ0n) is 14.5. The minimum atomic E-state index is -0.0250. The Labute approximate surface area is 155 Å². The van der Waals surface area contributed by atoms with Gasteiger partial charge in [-0.05, 0) is 35.9 Å². The second-order valence-corrected chi connectivity index (χ2v) is 6.43. The standard InChI is InChI=1S/C18H18N4O3S/c1-22(11-13-4-3-9-19-10-13)16(23)12-26-18-21-20-17(25-18)14-5-7-15(24-2)8-6-14/h3-10H,11-12H2,1-2H3. The quantitative estimate of drug-likeness (QED) is 0.592. The molecule has 0 spiro atoms. The van der Waals surface area contributed by atoms with Gasteiger partial charge >= 0.3 is 0 Å². The van der Waals surface area contributed by atoms with E-state index in [0.717, 1.165) is 16.9 Å². The Morgan fingerprint density at radius 1 is 1.23 bits per heavy atom. The Balaban J connectivity index is 1.54. The number of nitrogens with zero attached hydrogens (tertiary/aromatic N) is 4. The maximum absolute atomic E-state index is 12.2. The number of benzene rings is 1. The molecule has 1 aromatic carbocycles. The average molecular weight is 370 g/mol. The summed E-state index contributed by atoms with van der Waals surface area (Å²) in [4.78, 5) is 17.9. The molecule has 1 amide bonds. The van der Waals surface area contributed by atoms with Crippen molar-refractivity contribution < 1.29 is 13.9 Å². The number of hydrogen-bond donors (Lipinski definition) is 0. The average Bonchev–Trinajstić information content (AvgIpc) is 3.16. The van der Waals surface area contributed by atoms with Gasteiger partial charge in [0.1, 0.15) is 5.75 Å². The maximum atomic E-state index is 12.2. The van der Waals surface area contributed by atoms with Crippen LogP contribution in [0.15, 0.2) is 58.4 Å². The minimum Gasteiger partial charge on any atom is -0.497 e.